The molecule has 1 atom stereocenters. The molecule has 0 bridgehead atoms. The Morgan fingerprint density at radius 1 is 1.56 bits per heavy atom. The van der Waals surface area contributed by atoms with Crippen molar-refractivity contribution in [3.05, 3.63) is 23.9 Å². The molecule has 9 heavy (non-hydrogen) atoms. The Bertz CT molecular complexity index is 183. The highest BCUT2D eigenvalue weighted by molar-refractivity contribution is 7.83. The monoisotopic (exact) mass is 147 g/mol. The minimum absolute atomic E-state index is 0.211. The Balaban J connectivity index is 2.61. The standard InChI is InChI=1S/C4H4O4S/c5-9(6)4-3-7-1-2-8-4/h1-3H,(H,5,6)/p-1. The van der Waals surface area contributed by atoms with Crippen LogP contribution < -0.4 is 0 Å². The topological polar surface area (TPSA) is 58.6 Å². The summed E-state index contributed by atoms with van der Waals surface area (Å²) in [5.74, 6) is 0. The average molecular weight is 147 g/mol. The van der Waals surface area contributed by atoms with Crippen molar-refractivity contribution in [2.75, 3.05) is 0 Å². The number of hydrogen-bond donors (Lipinski definition) is 0. The van der Waals surface area contributed by atoms with Crippen molar-refractivity contribution in [1.82, 2.24) is 0 Å². The van der Waals surface area contributed by atoms with Gasteiger partial charge in [-0.15, -0.1) is 0 Å². The molecule has 0 spiro atoms. The van der Waals surface area contributed by atoms with E-state index in [1.165, 1.54) is 6.26 Å². The average Bonchev–Trinajstić information content (AvgIpc) is 1.90. The van der Waals surface area contributed by atoms with E-state index in [1.807, 2.05) is 0 Å². The van der Waals surface area contributed by atoms with Crippen LogP contribution in [0, 0.1) is 0 Å². The summed E-state index contributed by atoms with van der Waals surface area (Å²) in [5, 5.41) is -0.211. The molecule has 0 saturated carbocycles. The predicted molar refractivity (Wildman–Crippen MR) is 28.3 cm³/mol. The lowest BCUT2D eigenvalue weighted by atomic mass is 10.9. The normalized spacial score (nSPS) is 19.4. The van der Waals surface area contributed by atoms with Crippen molar-refractivity contribution in [2.45, 2.75) is 0 Å². The zero-order valence-corrected chi connectivity index (χ0v) is 5.09. The first-order valence-electron chi connectivity index (χ1n) is 2.07. The molecule has 1 rings (SSSR count). The van der Waals surface area contributed by atoms with Crippen LogP contribution in [0.15, 0.2) is 23.9 Å². The van der Waals surface area contributed by atoms with Crippen LogP contribution in [0.4, 0.5) is 0 Å². The third kappa shape index (κ3) is 1.55. The lowest BCUT2D eigenvalue weighted by Crippen LogP contribution is -1.98. The van der Waals surface area contributed by atoms with Crippen LogP contribution in [0.1, 0.15) is 0 Å². The Kier molecular flexibility index (Phi) is 1.86. The van der Waals surface area contributed by atoms with Crippen LogP contribution in [0.3, 0.4) is 0 Å². The van der Waals surface area contributed by atoms with Crippen LogP contribution in [0.5, 0.6) is 0 Å². The third-order valence-corrected chi connectivity index (χ3v) is 1.17. The molecular weight excluding hydrogens is 144 g/mol. The number of ether oxygens (including phenoxy) is 2. The zero-order chi connectivity index (χ0) is 6.69. The highest BCUT2D eigenvalue weighted by atomic mass is 32.2. The van der Waals surface area contributed by atoms with Crippen LogP contribution in [-0.4, -0.2) is 8.76 Å². The Morgan fingerprint density at radius 3 is 2.67 bits per heavy atom. The van der Waals surface area contributed by atoms with E-state index >= 15 is 0 Å². The van der Waals surface area contributed by atoms with Gasteiger partial charge in [-0.05, 0) is 0 Å². The SMILES string of the molecule is O=S([O-])C1=COC=CO1. The largest absolute Gasteiger partial charge is 0.766 e. The summed E-state index contributed by atoms with van der Waals surface area (Å²) in [7, 11) is 0. The Hall–Kier alpha value is -0.810. The summed E-state index contributed by atoms with van der Waals surface area (Å²) in [4.78, 5) is 0. The first-order chi connectivity index (χ1) is 4.30. The smallest absolute Gasteiger partial charge is 0.211 e. The molecule has 0 aromatic rings. The fraction of sp³-hybridized carbons (Fsp3) is 0. The fourth-order valence-corrected chi connectivity index (χ4v) is 0.596. The minimum atomic E-state index is -2.34. The second-order valence-corrected chi connectivity index (χ2v) is 2.07. The van der Waals surface area contributed by atoms with Gasteiger partial charge in [-0.2, -0.15) is 0 Å². The second-order valence-electron chi connectivity index (χ2n) is 1.20. The van der Waals surface area contributed by atoms with E-state index < -0.39 is 11.1 Å². The zero-order valence-electron chi connectivity index (χ0n) is 4.27. The third-order valence-electron chi connectivity index (χ3n) is 0.647. The molecule has 0 amide bonds. The highest BCUT2D eigenvalue weighted by Crippen LogP contribution is 2.06. The fourth-order valence-electron chi connectivity index (χ4n) is 0.328. The minimum Gasteiger partial charge on any atom is -0.766 e. The van der Waals surface area contributed by atoms with Gasteiger partial charge in [0.25, 0.3) is 0 Å². The van der Waals surface area contributed by atoms with E-state index in [4.69, 9.17) is 0 Å². The molecule has 1 aliphatic rings. The summed E-state index contributed by atoms with van der Waals surface area (Å²) in [6.45, 7) is 0. The predicted octanol–water partition coefficient (Wildman–Crippen LogP) is 0.182. The maximum absolute atomic E-state index is 10.0. The molecule has 0 N–H and O–H groups in total. The van der Waals surface area contributed by atoms with Crippen molar-refractivity contribution in [3.63, 3.8) is 0 Å². The molecule has 1 heterocycles. The van der Waals surface area contributed by atoms with E-state index in [2.05, 4.69) is 9.47 Å². The summed E-state index contributed by atoms with van der Waals surface area (Å²) >= 11 is -2.34. The molecule has 1 unspecified atom stereocenters. The lowest BCUT2D eigenvalue weighted by Gasteiger charge is -2.10. The van der Waals surface area contributed by atoms with Crippen molar-refractivity contribution in [1.29, 1.82) is 0 Å². The molecular formula is C4H3O4S-. The Labute approximate surface area is 54.1 Å². The van der Waals surface area contributed by atoms with Gasteiger partial charge in [0.2, 0.25) is 5.09 Å². The van der Waals surface area contributed by atoms with E-state index in [0.717, 1.165) is 12.5 Å². The van der Waals surface area contributed by atoms with Crippen molar-refractivity contribution < 1.29 is 18.2 Å². The lowest BCUT2D eigenvalue weighted by molar-refractivity contribution is 0.274. The molecule has 5 heteroatoms. The van der Waals surface area contributed by atoms with Gasteiger partial charge in [-0.1, -0.05) is 0 Å². The summed E-state index contributed by atoms with van der Waals surface area (Å²) in [6.07, 6.45) is 3.38. The second kappa shape index (κ2) is 2.65. The van der Waals surface area contributed by atoms with Gasteiger partial charge in [0.15, 0.2) is 0 Å². The summed E-state index contributed by atoms with van der Waals surface area (Å²) in [6, 6.07) is 0. The molecule has 0 aromatic heterocycles. The van der Waals surface area contributed by atoms with Crippen molar-refractivity contribution >= 4 is 11.1 Å². The van der Waals surface area contributed by atoms with Crippen LogP contribution in [0.2, 0.25) is 0 Å². The maximum atomic E-state index is 10.0. The van der Waals surface area contributed by atoms with Crippen LogP contribution >= 0.6 is 0 Å². The molecule has 50 valence electrons. The van der Waals surface area contributed by atoms with Crippen molar-refractivity contribution in [2.24, 2.45) is 0 Å². The maximum Gasteiger partial charge on any atom is 0.211 e. The number of rotatable bonds is 1. The highest BCUT2D eigenvalue weighted by Gasteiger charge is 1.99. The summed E-state index contributed by atoms with van der Waals surface area (Å²) < 4.78 is 29.1. The first-order valence-corrected chi connectivity index (χ1v) is 3.15. The van der Waals surface area contributed by atoms with Crippen LogP contribution in [0.25, 0.3) is 0 Å². The van der Waals surface area contributed by atoms with Gasteiger partial charge in [0, 0.05) is 11.1 Å². The van der Waals surface area contributed by atoms with Gasteiger partial charge >= 0.3 is 0 Å². The van der Waals surface area contributed by atoms with E-state index in [9.17, 15) is 8.76 Å². The molecule has 0 aliphatic carbocycles. The molecule has 0 fully saturated rings. The van der Waals surface area contributed by atoms with E-state index in [1.54, 1.807) is 0 Å². The molecule has 0 saturated heterocycles. The van der Waals surface area contributed by atoms with Crippen molar-refractivity contribution in [3.8, 4) is 0 Å². The van der Waals surface area contributed by atoms with Gasteiger partial charge in [0.05, 0.1) is 0 Å². The van der Waals surface area contributed by atoms with E-state index in [0.29, 0.717) is 0 Å². The van der Waals surface area contributed by atoms with E-state index in [-0.39, 0.29) is 5.09 Å². The van der Waals surface area contributed by atoms with Crippen LogP contribution in [-0.2, 0) is 20.6 Å². The summed E-state index contributed by atoms with van der Waals surface area (Å²) in [5.41, 5.74) is 0. The molecule has 0 radical (unpaired) electrons. The van der Waals surface area contributed by atoms with Gasteiger partial charge in [-0.3, -0.25) is 4.21 Å². The first kappa shape index (κ1) is 6.31. The number of hydrogen-bond acceptors (Lipinski definition) is 4. The molecule has 0 aromatic carbocycles. The molecule has 4 nitrogen and oxygen atoms in total. The van der Waals surface area contributed by atoms with Gasteiger partial charge in [0.1, 0.15) is 18.8 Å². The quantitative estimate of drug-likeness (QED) is 0.496. The van der Waals surface area contributed by atoms with Gasteiger partial charge < -0.3 is 14.0 Å². The Morgan fingerprint density at radius 2 is 2.33 bits per heavy atom. The molecule has 1 aliphatic heterocycles. The van der Waals surface area contributed by atoms with Gasteiger partial charge in [-0.25, -0.2) is 0 Å².